The summed E-state index contributed by atoms with van der Waals surface area (Å²) in [6.07, 6.45) is -2.81. The van der Waals surface area contributed by atoms with Crippen LogP contribution in [0.25, 0.3) is 0 Å². The minimum atomic E-state index is -1.44. The molecule has 5 atom stereocenters. The summed E-state index contributed by atoms with van der Waals surface area (Å²) in [4.78, 5) is 3.79. The third-order valence-corrected chi connectivity index (χ3v) is 5.61. The maximum absolute atomic E-state index is 10.4. The lowest BCUT2D eigenvalue weighted by Gasteiger charge is -2.40. The van der Waals surface area contributed by atoms with E-state index in [-0.39, 0.29) is 0 Å². The molecular weight excluding hydrogens is 426 g/mol. The van der Waals surface area contributed by atoms with Crippen LogP contribution >= 0.6 is 11.6 Å². The standard InChI is InChI=1S/C22H22ClNO7/c23-16-6-3-13(22-21(28)20(27)19(26)17(10-25)31-22)8-14(16)7-12-1-4-15(5-2-12)30-18-9-24-11-29-18/h1-6,8-9,11,17,19-22,25-28H,7,10H2/t17-,19-,20?,21-,22+/m1/s1. The molecule has 1 aliphatic rings. The SMILES string of the molecule is OC[C@H]1O[C@@H](c2ccc(Cl)c(Cc3ccc(Oc4cnco4)cc3)c2)[C@H](O)C(O)[C@@H]1O. The highest BCUT2D eigenvalue weighted by Crippen LogP contribution is 2.34. The largest absolute Gasteiger partial charge is 0.425 e. The Morgan fingerprint density at radius 2 is 1.77 bits per heavy atom. The number of rotatable bonds is 6. The van der Waals surface area contributed by atoms with Gasteiger partial charge in [0.25, 0.3) is 0 Å². The van der Waals surface area contributed by atoms with Gasteiger partial charge in [-0.1, -0.05) is 35.9 Å². The highest BCUT2D eigenvalue weighted by atomic mass is 35.5. The molecular formula is C22H22ClNO7. The van der Waals surface area contributed by atoms with Gasteiger partial charge in [-0.2, -0.15) is 0 Å². The van der Waals surface area contributed by atoms with E-state index in [1.165, 1.54) is 12.6 Å². The molecule has 1 unspecified atom stereocenters. The van der Waals surface area contributed by atoms with Crippen molar-refractivity contribution in [2.24, 2.45) is 0 Å². The molecule has 31 heavy (non-hydrogen) atoms. The molecule has 2 heterocycles. The van der Waals surface area contributed by atoms with Crippen LogP contribution in [0.2, 0.25) is 5.02 Å². The highest BCUT2D eigenvalue weighted by Gasteiger charge is 2.44. The Balaban J connectivity index is 1.51. The van der Waals surface area contributed by atoms with Gasteiger partial charge < -0.3 is 34.3 Å². The predicted octanol–water partition coefficient (Wildman–Crippen LogP) is 2.23. The number of hydrogen-bond acceptors (Lipinski definition) is 8. The minimum absolute atomic E-state index is 0.294. The zero-order chi connectivity index (χ0) is 22.0. The Hall–Kier alpha value is -2.46. The van der Waals surface area contributed by atoms with Crippen molar-refractivity contribution >= 4 is 11.6 Å². The molecule has 8 nitrogen and oxygen atoms in total. The van der Waals surface area contributed by atoms with E-state index in [0.717, 1.165) is 11.1 Å². The van der Waals surface area contributed by atoms with E-state index in [9.17, 15) is 20.4 Å². The van der Waals surface area contributed by atoms with Crippen molar-refractivity contribution in [2.75, 3.05) is 6.61 Å². The molecule has 0 radical (unpaired) electrons. The first-order valence-electron chi connectivity index (χ1n) is 9.70. The van der Waals surface area contributed by atoms with Crippen LogP contribution in [0, 0.1) is 0 Å². The van der Waals surface area contributed by atoms with Crippen LogP contribution in [-0.2, 0) is 11.2 Å². The molecule has 0 saturated carbocycles. The Morgan fingerprint density at radius 1 is 1.00 bits per heavy atom. The third-order valence-electron chi connectivity index (χ3n) is 5.24. The van der Waals surface area contributed by atoms with Gasteiger partial charge in [0.1, 0.15) is 42.5 Å². The topological polar surface area (TPSA) is 125 Å². The molecule has 1 fully saturated rings. The zero-order valence-corrected chi connectivity index (χ0v) is 17.1. The van der Waals surface area contributed by atoms with Crippen LogP contribution in [-0.4, -0.2) is 56.4 Å². The van der Waals surface area contributed by atoms with E-state index in [1.807, 2.05) is 12.1 Å². The third kappa shape index (κ3) is 4.74. The zero-order valence-electron chi connectivity index (χ0n) is 16.3. The molecule has 4 N–H and O–H groups in total. The van der Waals surface area contributed by atoms with Gasteiger partial charge in [0.05, 0.1) is 6.61 Å². The van der Waals surface area contributed by atoms with Gasteiger partial charge in [-0.05, 0) is 41.3 Å². The van der Waals surface area contributed by atoms with Crippen molar-refractivity contribution in [1.82, 2.24) is 4.98 Å². The van der Waals surface area contributed by atoms with Gasteiger partial charge in [0.2, 0.25) is 0 Å². The smallest absolute Gasteiger partial charge is 0.310 e. The van der Waals surface area contributed by atoms with Gasteiger partial charge >= 0.3 is 5.95 Å². The van der Waals surface area contributed by atoms with Gasteiger partial charge in [-0.25, -0.2) is 4.98 Å². The number of aliphatic hydroxyl groups excluding tert-OH is 4. The second-order valence-corrected chi connectivity index (χ2v) is 7.75. The van der Waals surface area contributed by atoms with Crippen molar-refractivity contribution in [2.45, 2.75) is 36.9 Å². The molecule has 1 aromatic heterocycles. The summed E-state index contributed by atoms with van der Waals surface area (Å²) in [6.45, 7) is -0.482. The Morgan fingerprint density at radius 3 is 2.45 bits per heavy atom. The van der Waals surface area contributed by atoms with Crippen LogP contribution in [0.3, 0.4) is 0 Å². The van der Waals surface area contributed by atoms with Crippen molar-refractivity contribution in [3.05, 3.63) is 76.8 Å². The van der Waals surface area contributed by atoms with E-state index in [0.29, 0.717) is 28.7 Å². The normalized spacial score (nSPS) is 26.0. The van der Waals surface area contributed by atoms with Crippen LogP contribution in [0.4, 0.5) is 0 Å². The summed E-state index contributed by atoms with van der Waals surface area (Å²) in [5.74, 6) is 0.893. The van der Waals surface area contributed by atoms with Crippen LogP contribution in [0.1, 0.15) is 22.8 Å². The van der Waals surface area contributed by atoms with E-state index < -0.39 is 37.1 Å². The van der Waals surface area contributed by atoms with Gasteiger partial charge in [0, 0.05) is 5.02 Å². The summed E-state index contributed by atoms with van der Waals surface area (Å²) >= 11 is 6.38. The second-order valence-electron chi connectivity index (χ2n) is 7.34. The van der Waals surface area contributed by atoms with E-state index in [2.05, 4.69) is 4.98 Å². The molecule has 1 saturated heterocycles. The van der Waals surface area contributed by atoms with E-state index in [4.69, 9.17) is 25.5 Å². The first kappa shape index (κ1) is 21.8. The number of ether oxygens (including phenoxy) is 2. The number of aliphatic hydroxyl groups is 4. The molecule has 4 rings (SSSR count). The summed E-state index contributed by atoms with van der Waals surface area (Å²) < 4.78 is 16.2. The van der Waals surface area contributed by atoms with Crippen LogP contribution in [0.5, 0.6) is 11.7 Å². The summed E-state index contributed by atoms with van der Waals surface area (Å²) in [5, 5.41) is 40.4. The summed E-state index contributed by atoms with van der Waals surface area (Å²) in [6, 6.07) is 12.5. The Kier molecular flexibility index (Phi) is 6.57. The maximum Gasteiger partial charge on any atom is 0.310 e. The maximum atomic E-state index is 10.4. The minimum Gasteiger partial charge on any atom is -0.425 e. The Labute approximate surface area is 183 Å². The molecule has 9 heteroatoms. The number of halogens is 1. The number of hydrogen-bond donors (Lipinski definition) is 4. The quantitative estimate of drug-likeness (QED) is 0.453. The average Bonchev–Trinajstić information content (AvgIpc) is 3.28. The molecule has 1 aliphatic heterocycles. The fourth-order valence-corrected chi connectivity index (χ4v) is 3.73. The highest BCUT2D eigenvalue weighted by molar-refractivity contribution is 6.31. The summed E-state index contributed by atoms with van der Waals surface area (Å²) in [7, 11) is 0. The summed E-state index contributed by atoms with van der Waals surface area (Å²) in [5.41, 5.74) is 2.35. The molecule has 0 bridgehead atoms. The van der Waals surface area contributed by atoms with E-state index >= 15 is 0 Å². The fraction of sp³-hybridized carbons (Fsp3) is 0.318. The number of oxazole rings is 1. The fourth-order valence-electron chi connectivity index (χ4n) is 3.55. The van der Waals surface area contributed by atoms with Crippen molar-refractivity contribution in [3.8, 4) is 11.7 Å². The number of nitrogens with zero attached hydrogens (tertiary/aromatic N) is 1. The van der Waals surface area contributed by atoms with Gasteiger partial charge in [-0.15, -0.1) is 0 Å². The number of aromatic nitrogens is 1. The van der Waals surface area contributed by atoms with Gasteiger partial charge in [0.15, 0.2) is 6.39 Å². The van der Waals surface area contributed by atoms with Crippen molar-refractivity contribution in [1.29, 1.82) is 0 Å². The molecule has 2 aromatic carbocycles. The Bertz CT molecular complexity index is 994. The molecule has 0 spiro atoms. The number of benzene rings is 2. The van der Waals surface area contributed by atoms with E-state index in [1.54, 1.807) is 30.3 Å². The predicted molar refractivity (Wildman–Crippen MR) is 110 cm³/mol. The lowest BCUT2D eigenvalue weighted by Crippen LogP contribution is -2.55. The molecule has 164 valence electrons. The van der Waals surface area contributed by atoms with Crippen molar-refractivity contribution in [3.63, 3.8) is 0 Å². The second kappa shape index (κ2) is 9.35. The van der Waals surface area contributed by atoms with Crippen molar-refractivity contribution < 1.29 is 34.3 Å². The van der Waals surface area contributed by atoms with Crippen LogP contribution < -0.4 is 4.74 Å². The monoisotopic (exact) mass is 447 g/mol. The lowest BCUT2D eigenvalue weighted by molar-refractivity contribution is -0.231. The molecule has 0 aliphatic carbocycles. The molecule has 0 amide bonds. The molecule has 3 aromatic rings. The van der Waals surface area contributed by atoms with Gasteiger partial charge in [-0.3, -0.25) is 0 Å². The average molecular weight is 448 g/mol. The lowest BCUT2D eigenvalue weighted by atomic mass is 9.90. The first-order chi connectivity index (χ1) is 15.0. The first-order valence-corrected chi connectivity index (χ1v) is 10.1. The van der Waals surface area contributed by atoms with Crippen LogP contribution in [0.15, 0.2) is 59.5 Å².